The summed E-state index contributed by atoms with van der Waals surface area (Å²) in [6.07, 6.45) is 3.65. The monoisotopic (exact) mass is 233 g/mol. The average molecular weight is 233 g/mol. The van der Waals surface area contributed by atoms with Crippen LogP contribution < -0.4 is 10.5 Å². The van der Waals surface area contributed by atoms with Crippen molar-refractivity contribution in [1.82, 2.24) is 10.2 Å². The van der Waals surface area contributed by atoms with Gasteiger partial charge in [-0.25, -0.2) is 13.6 Å². The van der Waals surface area contributed by atoms with E-state index in [9.17, 15) is 8.42 Å². The molecule has 2 atom stereocenters. The van der Waals surface area contributed by atoms with Crippen molar-refractivity contribution in [2.45, 2.75) is 31.3 Å². The average Bonchev–Trinajstić information content (AvgIpc) is 2.66. The molecule has 0 radical (unpaired) electrons. The SMILES string of the molecule is NS(=O)(=O)CCNC1CCN2CCCC12. The largest absolute Gasteiger partial charge is 0.311 e. The fourth-order valence-electron chi connectivity index (χ4n) is 2.71. The molecular weight excluding hydrogens is 214 g/mol. The maximum Gasteiger partial charge on any atom is 0.210 e. The minimum atomic E-state index is -3.31. The molecule has 0 spiro atoms. The highest BCUT2D eigenvalue weighted by Gasteiger charge is 2.36. The Morgan fingerprint density at radius 1 is 1.33 bits per heavy atom. The van der Waals surface area contributed by atoms with Crippen LogP contribution in [0.15, 0.2) is 0 Å². The van der Waals surface area contributed by atoms with Crippen LogP contribution in [0.3, 0.4) is 0 Å². The fourth-order valence-corrected chi connectivity index (χ4v) is 3.11. The second kappa shape index (κ2) is 4.37. The van der Waals surface area contributed by atoms with Gasteiger partial charge in [0.25, 0.3) is 0 Å². The third-order valence-corrected chi connectivity index (χ3v) is 4.17. The summed E-state index contributed by atoms with van der Waals surface area (Å²) in [5, 5.41) is 8.26. The lowest BCUT2D eigenvalue weighted by molar-refractivity contribution is 0.300. The minimum Gasteiger partial charge on any atom is -0.311 e. The van der Waals surface area contributed by atoms with Crippen LogP contribution in [0.4, 0.5) is 0 Å². The van der Waals surface area contributed by atoms with E-state index < -0.39 is 10.0 Å². The summed E-state index contributed by atoms with van der Waals surface area (Å²) in [5.41, 5.74) is 0. The van der Waals surface area contributed by atoms with Crippen molar-refractivity contribution in [2.24, 2.45) is 5.14 Å². The minimum absolute atomic E-state index is 0.0379. The van der Waals surface area contributed by atoms with Crippen molar-refractivity contribution in [2.75, 3.05) is 25.4 Å². The van der Waals surface area contributed by atoms with Gasteiger partial charge < -0.3 is 5.32 Å². The van der Waals surface area contributed by atoms with E-state index in [0.29, 0.717) is 18.6 Å². The van der Waals surface area contributed by atoms with Crippen molar-refractivity contribution in [1.29, 1.82) is 0 Å². The molecule has 2 heterocycles. The number of rotatable bonds is 4. The maximum atomic E-state index is 10.8. The van der Waals surface area contributed by atoms with E-state index in [1.54, 1.807) is 0 Å². The van der Waals surface area contributed by atoms with Gasteiger partial charge >= 0.3 is 0 Å². The normalized spacial score (nSPS) is 32.1. The van der Waals surface area contributed by atoms with Gasteiger partial charge in [0.15, 0.2) is 0 Å². The van der Waals surface area contributed by atoms with Gasteiger partial charge in [-0.2, -0.15) is 0 Å². The summed E-state index contributed by atoms with van der Waals surface area (Å²) in [7, 11) is -3.31. The molecule has 0 bridgehead atoms. The zero-order chi connectivity index (χ0) is 10.9. The van der Waals surface area contributed by atoms with Gasteiger partial charge in [-0.15, -0.1) is 0 Å². The standard InChI is InChI=1S/C9H19N3O2S/c10-15(13,14)7-4-11-8-3-6-12-5-1-2-9(8)12/h8-9,11H,1-7H2,(H2,10,13,14). The third-order valence-electron chi connectivity index (χ3n) is 3.40. The van der Waals surface area contributed by atoms with Gasteiger partial charge in [0.2, 0.25) is 10.0 Å². The van der Waals surface area contributed by atoms with E-state index in [1.165, 1.54) is 19.4 Å². The van der Waals surface area contributed by atoms with Crippen molar-refractivity contribution in [3.63, 3.8) is 0 Å². The van der Waals surface area contributed by atoms with Crippen LogP contribution in [0.1, 0.15) is 19.3 Å². The molecule has 0 amide bonds. The third kappa shape index (κ3) is 2.90. The second-order valence-corrected chi connectivity index (χ2v) is 6.20. The summed E-state index contributed by atoms with van der Waals surface area (Å²) < 4.78 is 21.5. The molecule has 2 saturated heterocycles. The first-order chi connectivity index (χ1) is 7.06. The quantitative estimate of drug-likeness (QED) is 0.660. The Morgan fingerprint density at radius 3 is 2.87 bits per heavy atom. The smallest absolute Gasteiger partial charge is 0.210 e. The van der Waals surface area contributed by atoms with Gasteiger partial charge in [0.05, 0.1) is 5.75 Å². The van der Waals surface area contributed by atoms with Crippen molar-refractivity contribution < 1.29 is 8.42 Å². The summed E-state index contributed by atoms with van der Waals surface area (Å²) in [4.78, 5) is 2.49. The first-order valence-electron chi connectivity index (χ1n) is 5.54. The van der Waals surface area contributed by atoms with Crippen LogP contribution in [0, 0.1) is 0 Å². The Bertz CT molecular complexity index is 317. The van der Waals surface area contributed by atoms with Gasteiger partial charge in [-0.05, 0) is 25.8 Å². The van der Waals surface area contributed by atoms with Crippen molar-refractivity contribution in [3.05, 3.63) is 0 Å². The number of nitrogens with one attached hydrogen (secondary N) is 1. The van der Waals surface area contributed by atoms with Crippen molar-refractivity contribution >= 4 is 10.0 Å². The van der Waals surface area contributed by atoms with Crippen LogP contribution in [0.2, 0.25) is 0 Å². The molecule has 0 saturated carbocycles. The number of fused-ring (bicyclic) bond motifs is 1. The Hall–Kier alpha value is -0.170. The van der Waals surface area contributed by atoms with Gasteiger partial charge in [0.1, 0.15) is 0 Å². The predicted molar refractivity (Wildman–Crippen MR) is 59.0 cm³/mol. The Labute approximate surface area is 91.1 Å². The zero-order valence-electron chi connectivity index (χ0n) is 8.85. The number of nitrogens with two attached hydrogens (primary N) is 1. The van der Waals surface area contributed by atoms with Gasteiger partial charge in [0, 0.05) is 25.2 Å². The molecule has 88 valence electrons. The van der Waals surface area contributed by atoms with E-state index in [0.717, 1.165) is 13.0 Å². The van der Waals surface area contributed by atoms with E-state index in [1.807, 2.05) is 0 Å². The lowest BCUT2D eigenvalue weighted by Gasteiger charge is -2.21. The Balaban J connectivity index is 1.76. The zero-order valence-corrected chi connectivity index (χ0v) is 9.67. The number of sulfonamides is 1. The second-order valence-electron chi connectivity index (χ2n) is 4.46. The highest BCUT2D eigenvalue weighted by Crippen LogP contribution is 2.27. The van der Waals surface area contributed by atoms with E-state index >= 15 is 0 Å². The first kappa shape index (κ1) is 11.3. The van der Waals surface area contributed by atoms with Crippen LogP contribution in [0.5, 0.6) is 0 Å². The Kier molecular flexibility index (Phi) is 3.30. The number of hydrogen-bond acceptors (Lipinski definition) is 4. The number of primary sulfonamides is 1. The first-order valence-corrected chi connectivity index (χ1v) is 7.26. The topological polar surface area (TPSA) is 75.4 Å². The molecule has 0 aromatic carbocycles. The molecule has 15 heavy (non-hydrogen) atoms. The van der Waals surface area contributed by atoms with E-state index in [4.69, 9.17) is 5.14 Å². The predicted octanol–water partition coefficient (Wildman–Crippen LogP) is -0.899. The van der Waals surface area contributed by atoms with Crippen molar-refractivity contribution in [3.8, 4) is 0 Å². The molecule has 0 aromatic heterocycles. The van der Waals surface area contributed by atoms with E-state index in [2.05, 4.69) is 10.2 Å². The maximum absolute atomic E-state index is 10.8. The lowest BCUT2D eigenvalue weighted by atomic mass is 10.1. The Morgan fingerprint density at radius 2 is 2.13 bits per heavy atom. The number of nitrogens with zero attached hydrogens (tertiary/aromatic N) is 1. The van der Waals surface area contributed by atoms with Gasteiger partial charge in [-0.3, -0.25) is 4.90 Å². The molecule has 2 unspecified atom stereocenters. The highest BCUT2D eigenvalue weighted by molar-refractivity contribution is 7.89. The van der Waals surface area contributed by atoms with Crippen LogP contribution in [-0.4, -0.2) is 50.8 Å². The molecular formula is C9H19N3O2S. The molecule has 2 aliphatic heterocycles. The van der Waals surface area contributed by atoms with E-state index in [-0.39, 0.29) is 5.75 Å². The molecule has 6 heteroatoms. The molecule has 2 aliphatic rings. The molecule has 2 rings (SSSR count). The summed E-state index contributed by atoms with van der Waals surface area (Å²) in [6.45, 7) is 2.84. The lowest BCUT2D eigenvalue weighted by Crippen LogP contribution is -2.41. The molecule has 2 fully saturated rings. The van der Waals surface area contributed by atoms with Gasteiger partial charge in [-0.1, -0.05) is 0 Å². The number of hydrogen-bond donors (Lipinski definition) is 2. The molecule has 0 aromatic rings. The van der Waals surface area contributed by atoms with Crippen LogP contribution in [0.25, 0.3) is 0 Å². The fraction of sp³-hybridized carbons (Fsp3) is 1.00. The summed E-state index contributed by atoms with van der Waals surface area (Å²) in [6, 6.07) is 1.10. The molecule has 5 nitrogen and oxygen atoms in total. The summed E-state index contributed by atoms with van der Waals surface area (Å²) in [5.74, 6) is 0.0379. The van der Waals surface area contributed by atoms with Crippen LogP contribution in [-0.2, 0) is 10.0 Å². The molecule has 0 aliphatic carbocycles. The van der Waals surface area contributed by atoms with Crippen LogP contribution >= 0.6 is 0 Å². The highest BCUT2D eigenvalue weighted by atomic mass is 32.2. The summed E-state index contributed by atoms with van der Waals surface area (Å²) >= 11 is 0. The molecule has 3 N–H and O–H groups in total.